The van der Waals surface area contributed by atoms with Crippen LogP contribution in [0.2, 0.25) is 0 Å². The van der Waals surface area contributed by atoms with E-state index in [9.17, 15) is 4.79 Å². The average molecular weight is 170 g/mol. The van der Waals surface area contributed by atoms with Gasteiger partial charge in [0.2, 0.25) is 0 Å². The zero-order valence-corrected chi connectivity index (χ0v) is 7.40. The molecule has 0 saturated carbocycles. The molecular weight excluding hydrogens is 156 g/mol. The standard InChI is InChI=1S/C8H14N2O2/c1-7(2)10-4-3-9(5-6-11)8(10)12/h3-4,7,11H,5-6H2,1-2H3. The van der Waals surface area contributed by atoms with Crippen molar-refractivity contribution in [3.05, 3.63) is 22.9 Å². The Morgan fingerprint density at radius 1 is 1.50 bits per heavy atom. The van der Waals surface area contributed by atoms with Gasteiger partial charge in [-0.05, 0) is 13.8 Å². The first kappa shape index (κ1) is 9.06. The fraction of sp³-hybridized carbons (Fsp3) is 0.625. The molecule has 1 heterocycles. The van der Waals surface area contributed by atoms with Gasteiger partial charge in [0.05, 0.1) is 13.2 Å². The lowest BCUT2D eigenvalue weighted by Gasteiger charge is -2.03. The summed E-state index contributed by atoms with van der Waals surface area (Å²) < 4.78 is 3.13. The molecule has 0 aliphatic carbocycles. The van der Waals surface area contributed by atoms with Crippen LogP contribution in [0.4, 0.5) is 0 Å². The molecular formula is C8H14N2O2. The van der Waals surface area contributed by atoms with Crippen molar-refractivity contribution in [2.75, 3.05) is 6.61 Å². The molecule has 0 aliphatic heterocycles. The van der Waals surface area contributed by atoms with Crippen LogP contribution in [-0.4, -0.2) is 20.8 Å². The average Bonchev–Trinajstić information content (AvgIpc) is 2.34. The fourth-order valence-electron chi connectivity index (χ4n) is 1.10. The second-order valence-electron chi connectivity index (χ2n) is 3.00. The normalized spacial score (nSPS) is 11.0. The summed E-state index contributed by atoms with van der Waals surface area (Å²) in [6, 6.07) is 0.178. The fourth-order valence-corrected chi connectivity index (χ4v) is 1.10. The van der Waals surface area contributed by atoms with Gasteiger partial charge in [-0.25, -0.2) is 4.79 Å². The lowest BCUT2D eigenvalue weighted by molar-refractivity contribution is 0.273. The topological polar surface area (TPSA) is 47.2 Å². The maximum atomic E-state index is 11.4. The third kappa shape index (κ3) is 1.58. The van der Waals surface area contributed by atoms with Gasteiger partial charge in [-0.1, -0.05) is 0 Å². The van der Waals surface area contributed by atoms with Crippen molar-refractivity contribution in [1.29, 1.82) is 0 Å². The quantitative estimate of drug-likeness (QED) is 0.705. The summed E-state index contributed by atoms with van der Waals surface area (Å²) in [5, 5.41) is 8.62. The van der Waals surface area contributed by atoms with Crippen molar-refractivity contribution in [2.24, 2.45) is 0 Å². The first-order chi connectivity index (χ1) is 5.66. The molecule has 1 N–H and O–H groups in total. The van der Waals surface area contributed by atoms with Crippen molar-refractivity contribution in [3.8, 4) is 0 Å². The van der Waals surface area contributed by atoms with E-state index in [1.54, 1.807) is 17.0 Å². The van der Waals surface area contributed by atoms with E-state index in [1.165, 1.54) is 4.57 Å². The zero-order chi connectivity index (χ0) is 9.14. The van der Waals surface area contributed by atoms with Gasteiger partial charge >= 0.3 is 5.69 Å². The van der Waals surface area contributed by atoms with Crippen LogP contribution in [0.25, 0.3) is 0 Å². The van der Waals surface area contributed by atoms with Crippen LogP contribution in [0.5, 0.6) is 0 Å². The molecule has 0 saturated heterocycles. The predicted octanol–water partition coefficient (Wildman–Crippen LogP) is 0.223. The summed E-state index contributed by atoms with van der Waals surface area (Å²) >= 11 is 0. The van der Waals surface area contributed by atoms with E-state index in [0.29, 0.717) is 6.54 Å². The van der Waals surface area contributed by atoms with E-state index in [0.717, 1.165) is 0 Å². The van der Waals surface area contributed by atoms with E-state index in [2.05, 4.69) is 0 Å². The molecule has 0 aliphatic rings. The Balaban J connectivity index is 2.97. The van der Waals surface area contributed by atoms with Crippen LogP contribution in [0.3, 0.4) is 0 Å². The minimum Gasteiger partial charge on any atom is -0.395 e. The van der Waals surface area contributed by atoms with Crippen molar-refractivity contribution >= 4 is 0 Å². The molecule has 0 spiro atoms. The SMILES string of the molecule is CC(C)n1ccn(CCO)c1=O. The van der Waals surface area contributed by atoms with E-state index >= 15 is 0 Å². The molecule has 1 rings (SSSR count). The Morgan fingerprint density at radius 2 is 2.17 bits per heavy atom. The van der Waals surface area contributed by atoms with Crippen LogP contribution < -0.4 is 5.69 Å². The van der Waals surface area contributed by atoms with Crippen molar-refractivity contribution in [3.63, 3.8) is 0 Å². The zero-order valence-electron chi connectivity index (χ0n) is 7.40. The lowest BCUT2D eigenvalue weighted by atomic mass is 10.4. The summed E-state index contributed by atoms with van der Waals surface area (Å²) in [7, 11) is 0. The Bertz CT molecular complexity index is 298. The number of imidazole rings is 1. The molecule has 0 bridgehead atoms. The summed E-state index contributed by atoms with van der Waals surface area (Å²) in [5.41, 5.74) is -0.0564. The van der Waals surface area contributed by atoms with Crippen molar-refractivity contribution < 1.29 is 5.11 Å². The molecule has 0 aromatic carbocycles. The lowest BCUT2D eigenvalue weighted by Crippen LogP contribution is -2.26. The van der Waals surface area contributed by atoms with Crippen LogP contribution in [0, 0.1) is 0 Å². The van der Waals surface area contributed by atoms with Crippen LogP contribution in [0.15, 0.2) is 17.2 Å². The number of aliphatic hydroxyl groups excluding tert-OH is 1. The minimum atomic E-state index is -0.0564. The molecule has 0 unspecified atom stereocenters. The predicted molar refractivity (Wildman–Crippen MR) is 46.2 cm³/mol. The van der Waals surface area contributed by atoms with E-state index in [-0.39, 0.29) is 18.3 Å². The van der Waals surface area contributed by atoms with E-state index in [4.69, 9.17) is 5.11 Å². The number of rotatable bonds is 3. The Kier molecular flexibility index (Phi) is 2.70. The summed E-state index contributed by atoms with van der Waals surface area (Å²) in [4.78, 5) is 11.4. The second-order valence-corrected chi connectivity index (χ2v) is 3.00. The molecule has 4 nitrogen and oxygen atoms in total. The second kappa shape index (κ2) is 3.58. The van der Waals surface area contributed by atoms with Gasteiger partial charge in [0.25, 0.3) is 0 Å². The molecule has 0 radical (unpaired) electrons. The number of nitrogens with zero attached hydrogens (tertiary/aromatic N) is 2. The number of aromatic nitrogens is 2. The van der Waals surface area contributed by atoms with Gasteiger partial charge in [-0.2, -0.15) is 0 Å². The number of hydrogen-bond acceptors (Lipinski definition) is 2. The monoisotopic (exact) mass is 170 g/mol. The number of aliphatic hydroxyl groups is 1. The molecule has 0 amide bonds. The summed E-state index contributed by atoms with van der Waals surface area (Å²) in [6.07, 6.45) is 3.43. The Hall–Kier alpha value is -1.03. The highest BCUT2D eigenvalue weighted by molar-refractivity contribution is 4.83. The van der Waals surface area contributed by atoms with Crippen LogP contribution >= 0.6 is 0 Å². The molecule has 0 fully saturated rings. The third-order valence-corrected chi connectivity index (χ3v) is 1.77. The van der Waals surface area contributed by atoms with E-state index in [1.807, 2.05) is 13.8 Å². The van der Waals surface area contributed by atoms with Gasteiger partial charge in [-0.15, -0.1) is 0 Å². The third-order valence-electron chi connectivity index (χ3n) is 1.77. The van der Waals surface area contributed by atoms with Crippen LogP contribution in [-0.2, 0) is 6.54 Å². The van der Waals surface area contributed by atoms with E-state index < -0.39 is 0 Å². The molecule has 1 aromatic rings. The summed E-state index contributed by atoms with van der Waals surface area (Å²) in [6.45, 7) is 4.27. The minimum absolute atomic E-state index is 0.00200. The first-order valence-corrected chi connectivity index (χ1v) is 4.05. The van der Waals surface area contributed by atoms with Gasteiger partial charge in [-0.3, -0.25) is 9.13 Å². The van der Waals surface area contributed by atoms with Gasteiger partial charge in [0.1, 0.15) is 0 Å². The molecule has 4 heteroatoms. The molecule has 68 valence electrons. The molecule has 0 atom stereocenters. The Labute approximate surface area is 71.1 Å². The maximum absolute atomic E-state index is 11.4. The van der Waals surface area contributed by atoms with Gasteiger partial charge < -0.3 is 5.11 Å². The summed E-state index contributed by atoms with van der Waals surface area (Å²) in [5.74, 6) is 0. The number of hydrogen-bond donors (Lipinski definition) is 1. The smallest absolute Gasteiger partial charge is 0.328 e. The first-order valence-electron chi connectivity index (χ1n) is 4.05. The highest BCUT2D eigenvalue weighted by Crippen LogP contribution is 1.98. The highest BCUT2D eigenvalue weighted by atomic mass is 16.3. The van der Waals surface area contributed by atoms with Crippen LogP contribution in [0.1, 0.15) is 19.9 Å². The highest BCUT2D eigenvalue weighted by Gasteiger charge is 2.04. The van der Waals surface area contributed by atoms with Crippen molar-refractivity contribution in [1.82, 2.24) is 9.13 Å². The maximum Gasteiger partial charge on any atom is 0.328 e. The van der Waals surface area contributed by atoms with Gasteiger partial charge in [0, 0.05) is 18.4 Å². The van der Waals surface area contributed by atoms with Crippen molar-refractivity contribution in [2.45, 2.75) is 26.4 Å². The Morgan fingerprint density at radius 3 is 2.58 bits per heavy atom. The molecule has 12 heavy (non-hydrogen) atoms. The van der Waals surface area contributed by atoms with Gasteiger partial charge in [0.15, 0.2) is 0 Å². The largest absolute Gasteiger partial charge is 0.395 e. The molecule has 1 aromatic heterocycles.